The van der Waals surface area contributed by atoms with Gasteiger partial charge in [0.05, 0.1) is 0 Å². The van der Waals surface area contributed by atoms with Gasteiger partial charge in [0.15, 0.2) is 0 Å². The van der Waals surface area contributed by atoms with Gasteiger partial charge in [0.2, 0.25) is 0 Å². The van der Waals surface area contributed by atoms with Crippen molar-refractivity contribution in [3.8, 4) is 0 Å². The van der Waals surface area contributed by atoms with E-state index in [0.29, 0.717) is 6.42 Å². The summed E-state index contributed by atoms with van der Waals surface area (Å²) in [5.74, 6) is 1.44. The zero-order chi connectivity index (χ0) is 11.7. The maximum absolute atomic E-state index is 10.9. The Bertz CT molecular complexity index is 172. The molecule has 0 unspecified atom stereocenters. The van der Waals surface area contributed by atoms with Crippen molar-refractivity contribution in [3.05, 3.63) is 12.8 Å². The van der Waals surface area contributed by atoms with Crippen LogP contribution in [0.2, 0.25) is 0 Å². The van der Waals surface area contributed by atoms with E-state index in [0.717, 1.165) is 0 Å². The number of hydrogen-bond acceptors (Lipinski definition) is 2. The molecule has 0 aliphatic carbocycles. The van der Waals surface area contributed by atoms with Gasteiger partial charge in [-0.3, -0.25) is 4.79 Å². The summed E-state index contributed by atoms with van der Waals surface area (Å²) in [6.45, 7) is 13.1. The molecular weight excluding hydrogens is 227 g/mol. The summed E-state index contributed by atoms with van der Waals surface area (Å²) >= 11 is 0. The smallest absolute Gasteiger partial charge is 0.339 e. The number of ketones is 2. The number of Topliss-reactive ketones (excluding diaryl/α,β-unsaturated/α-hetero) is 2. The molecule has 0 saturated carbocycles. The van der Waals surface area contributed by atoms with Crippen LogP contribution >= 0.6 is 0 Å². The van der Waals surface area contributed by atoms with Gasteiger partial charge in [0, 0.05) is 12.3 Å². The number of hydrogen-bond donors (Lipinski definition) is 0. The van der Waals surface area contributed by atoms with E-state index in [9.17, 15) is 9.59 Å². The average Bonchev–Trinajstić information content (AvgIpc) is 1.98. The summed E-state index contributed by atoms with van der Waals surface area (Å²) in [5.41, 5.74) is 0. The summed E-state index contributed by atoms with van der Waals surface area (Å²) in [5, 5.41) is 0. The molecular formula is C12H22O2V. The van der Waals surface area contributed by atoms with Gasteiger partial charge in [0.1, 0.15) is 5.78 Å². The van der Waals surface area contributed by atoms with Crippen molar-refractivity contribution in [2.45, 2.75) is 47.5 Å². The average molecular weight is 249 g/mol. The first-order valence-corrected chi connectivity index (χ1v) is 4.91. The van der Waals surface area contributed by atoms with Gasteiger partial charge in [-0.2, -0.15) is 20.8 Å². The molecule has 0 bridgehead atoms. The molecule has 0 rings (SSSR count). The van der Waals surface area contributed by atoms with E-state index in [1.807, 2.05) is 13.8 Å². The fourth-order valence-corrected chi connectivity index (χ4v) is 0.551. The van der Waals surface area contributed by atoms with Crippen LogP contribution in [-0.4, -0.2) is 11.6 Å². The molecule has 2 nitrogen and oxygen atoms in total. The molecule has 0 aliphatic rings. The van der Waals surface area contributed by atoms with Crippen molar-refractivity contribution in [3.63, 3.8) is 0 Å². The van der Waals surface area contributed by atoms with E-state index in [-0.39, 0.29) is 42.5 Å². The maximum atomic E-state index is 10.9. The molecule has 0 spiro atoms. The maximum Gasteiger partial charge on any atom is 2.00 e. The van der Waals surface area contributed by atoms with Crippen LogP contribution in [0.3, 0.4) is 0 Å². The zero-order valence-electron chi connectivity index (χ0n) is 10.5. The summed E-state index contributed by atoms with van der Waals surface area (Å²) in [6.07, 6.45) is 0.636. The van der Waals surface area contributed by atoms with Crippen LogP contribution in [0.1, 0.15) is 47.5 Å². The number of rotatable bonds is 4. The van der Waals surface area contributed by atoms with Gasteiger partial charge < -0.3 is 17.6 Å². The second-order valence-corrected chi connectivity index (χ2v) is 4.16. The molecule has 0 N–H and O–H groups in total. The van der Waals surface area contributed by atoms with Gasteiger partial charge >= 0.3 is 18.6 Å². The van der Waals surface area contributed by atoms with Crippen LogP contribution in [0.15, 0.2) is 0 Å². The van der Waals surface area contributed by atoms with Gasteiger partial charge in [-0.25, -0.2) is 0 Å². The Morgan fingerprint density at radius 1 is 1.13 bits per heavy atom. The standard InChI is InChI=1S/C8H13O2.C4H9.V/c1-6(2)8(10)5-4-7(3)9;1-4(2)3;/h6H,3-5H2,1-2H3;1-3H3;/q2*-1;+2. The second-order valence-electron chi connectivity index (χ2n) is 4.16. The van der Waals surface area contributed by atoms with Crippen LogP contribution in [-0.2, 0) is 28.1 Å². The molecule has 1 radical (unpaired) electrons. The molecule has 0 saturated heterocycles. The van der Waals surface area contributed by atoms with Crippen LogP contribution in [0, 0.1) is 18.8 Å². The molecule has 0 aromatic heterocycles. The van der Waals surface area contributed by atoms with E-state index in [2.05, 4.69) is 27.7 Å². The molecule has 0 fully saturated rings. The Morgan fingerprint density at radius 3 is 1.67 bits per heavy atom. The van der Waals surface area contributed by atoms with Gasteiger partial charge in [0.25, 0.3) is 0 Å². The molecule has 87 valence electrons. The fourth-order valence-electron chi connectivity index (χ4n) is 0.551. The van der Waals surface area contributed by atoms with E-state index < -0.39 is 0 Å². The van der Waals surface area contributed by atoms with E-state index >= 15 is 0 Å². The Labute approximate surface area is 106 Å². The first kappa shape index (κ1) is 20.2. The third-order valence-corrected chi connectivity index (χ3v) is 1.29. The summed E-state index contributed by atoms with van der Waals surface area (Å²) in [6, 6.07) is 0. The van der Waals surface area contributed by atoms with Crippen LogP contribution in [0.4, 0.5) is 0 Å². The van der Waals surface area contributed by atoms with Crippen LogP contribution in [0.25, 0.3) is 0 Å². The number of carbonyl (C=O) groups excluding carboxylic acids is 2. The minimum Gasteiger partial charge on any atom is -0.339 e. The Morgan fingerprint density at radius 2 is 1.47 bits per heavy atom. The van der Waals surface area contributed by atoms with Crippen molar-refractivity contribution >= 4 is 11.6 Å². The van der Waals surface area contributed by atoms with Crippen molar-refractivity contribution in [2.24, 2.45) is 5.92 Å². The van der Waals surface area contributed by atoms with Gasteiger partial charge in [-0.1, -0.05) is 13.8 Å². The molecule has 0 amide bonds. The van der Waals surface area contributed by atoms with E-state index in [4.69, 9.17) is 0 Å². The number of carbonyl (C=O) groups is 2. The molecule has 0 atom stereocenters. The third kappa shape index (κ3) is 24.8. The quantitative estimate of drug-likeness (QED) is 0.718. The van der Waals surface area contributed by atoms with Crippen molar-refractivity contribution in [1.29, 1.82) is 0 Å². The predicted molar refractivity (Wildman–Crippen MR) is 59.7 cm³/mol. The molecule has 15 heavy (non-hydrogen) atoms. The monoisotopic (exact) mass is 249 g/mol. The van der Waals surface area contributed by atoms with Crippen LogP contribution in [0.5, 0.6) is 0 Å². The topological polar surface area (TPSA) is 34.1 Å². The van der Waals surface area contributed by atoms with E-state index in [1.54, 1.807) is 0 Å². The second kappa shape index (κ2) is 11.9. The van der Waals surface area contributed by atoms with Crippen molar-refractivity contribution < 1.29 is 28.1 Å². The first-order valence-electron chi connectivity index (χ1n) is 4.91. The van der Waals surface area contributed by atoms with Gasteiger partial charge in [-0.15, -0.1) is 0 Å². The van der Waals surface area contributed by atoms with Gasteiger partial charge in [-0.05, 0) is 12.2 Å². The van der Waals surface area contributed by atoms with Crippen molar-refractivity contribution in [2.75, 3.05) is 0 Å². The Balaban J connectivity index is -0.000000249. The molecule has 3 heteroatoms. The normalized spacial score (nSPS) is 9.00. The Kier molecular flexibility index (Phi) is 16.0. The minimum absolute atomic E-state index is 0. The molecule has 0 heterocycles. The fraction of sp³-hybridized carbons (Fsp3) is 0.667. The zero-order valence-corrected chi connectivity index (χ0v) is 11.9. The molecule has 0 aliphatic heterocycles. The summed E-state index contributed by atoms with van der Waals surface area (Å²) in [7, 11) is 0. The largest absolute Gasteiger partial charge is 2.00 e. The SMILES string of the molecule is C[C-](C)C.[CH2-]C(=O)CCC(=O)C(C)C.[V+2]. The third-order valence-electron chi connectivity index (χ3n) is 1.29. The first-order chi connectivity index (χ1) is 6.27. The van der Waals surface area contributed by atoms with E-state index in [1.165, 1.54) is 5.92 Å². The molecule has 0 aromatic carbocycles. The van der Waals surface area contributed by atoms with Crippen LogP contribution < -0.4 is 0 Å². The summed E-state index contributed by atoms with van der Waals surface area (Å²) < 4.78 is 0. The predicted octanol–water partition coefficient (Wildman–Crippen LogP) is 3.01. The minimum atomic E-state index is -0.158. The Hall–Kier alpha value is -0.206. The summed E-state index contributed by atoms with van der Waals surface area (Å²) in [4.78, 5) is 21.2. The molecule has 0 aromatic rings. The van der Waals surface area contributed by atoms with Crippen molar-refractivity contribution in [1.82, 2.24) is 0 Å².